The summed E-state index contributed by atoms with van der Waals surface area (Å²) in [6.45, 7) is 2.08. The molecule has 0 unspecified atom stereocenters. The van der Waals surface area contributed by atoms with E-state index in [0.717, 1.165) is 10.3 Å². The van der Waals surface area contributed by atoms with E-state index >= 15 is 0 Å². The third-order valence-corrected chi connectivity index (χ3v) is 3.35. The Labute approximate surface area is 101 Å². The zero-order valence-electron chi connectivity index (χ0n) is 8.14. The number of hydrogen-bond acceptors (Lipinski definition) is 3. The Kier molecular flexibility index (Phi) is 3.28. The summed E-state index contributed by atoms with van der Waals surface area (Å²) in [5.74, 6) is 0.728. The minimum Gasteiger partial charge on any atom is -0.236 e. The molecule has 0 aromatic carbocycles. The Morgan fingerprint density at radius 1 is 1.40 bits per heavy atom. The molecule has 76 valence electrons. The topological polar surface area (TPSA) is 25.2 Å². The Balaban J connectivity index is 2.19. The van der Waals surface area contributed by atoms with Gasteiger partial charge in [0.15, 0.2) is 5.82 Å². The van der Waals surface area contributed by atoms with E-state index in [0.29, 0.717) is 0 Å². The quantitative estimate of drug-likeness (QED) is 0.765. The van der Waals surface area contributed by atoms with E-state index in [1.165, 1.54) is 10.4 Å². The van der Waals surface area contributed by atoms with E-state index in [2.05, 4.69) is 44.3 Å². The summed E-state index contributed by atoms with van der Waals surface area (Å²) < 4.78 is 0.966. The average Bonchev–Trinajstić information content (AvgIpc) is 2.63. The van der Waals surface area contributed by atoms with Crippen molar-refractivity contribution in [2.75, 3.05) is 0 Å². The van der Waals surface area contributed by atoms with Gasteiger partial charge in [0.25, 0.3) is 0 Å². The molecule has 4 heteroatoms. The van der Waals surface area contributed by atoms with Gasteiger partial charge in [-0.15, -0.1) is 11.3 Å². The van der Waals surface area contributed by atoms with Crippen molar-refractivity contribution in [1.29, 1.82) is 0 Å². The summed E-state index contributed by atoms with van der Waals surface area (Å²) in [6.07, 6.45) is 3.60. The molecule has 0 amide bonds. The highest BCUT2D eigenvalue weighted by molar-refractivity contribution is 9.10. The minimum absolute atomic E-state index is 0.728. The van der Waals surface area contributed by atoms with Crippen molar-refractivity contribution in [3.63, 3.8) is 0 Å². The molecule has 0 aliphatic carbocycles. The van der Waals surface area contributed by atoms with Gasteiger partial charge in [0.05, 0.1) is 0 Å². The van der Waals surface area contributed by atoms with Crippen molar-refractivity contribution in [2.45, 2.75) is 6.92 Å². The fourth-order valence-corrected chi connectivity index (χ4v) is 2.11. The Morgan fingerprint density at radius 2 is 2.27 bits per heavy atom. The van der Waals surface area contributed by atoms with Crippen LogP contribution in [0.3, 0.4) is 0 Å². The third kappa shape index (κ3) is 2.73. The maximum absolute atomic E-state index is 4.30. The average molecular weight is 281 g/mol. The van der Waals surface area contributed by atoms with Crippen molar-refractivity contribution in [3.8, 4) is 0 Å². The molecule has 0 spiro atoms. The number of rotatable bonds is 2. The van der Waals surface area contributed by atoms with Gasteiger partial charge in [-0.3, -0.25) is 0 Å². The van der Waals surface area contributed by atoms with Crippen LogP contribution in [-0.2, 0) is 0 Å². The van der Waals surface area contributed by atoms with Crippen molar-refractivity contribution in [3.05, 3.63) is 44.7 Å². The number of nitrogens with zero attached hydrogens (tertiary/aromatic N) is 2. The van der Waals surface area contributed by atoms with Crippen LogP contribution < -0.4 is 0 Å². The van der Waals surface area contributed by atoms with Gasteiger partial charge in [0.1, 0.15) is 0 Å². The molecule has 2 rings (SSSR count). The maximum atomic E-state index is 4.30. The van der Waals surface area contributed by atoms with Crippen LogP contribution in [0.5, 0.6) is 0 Å². The van der Waals surface area contributed by atoms with Crippen molar-refractivity contribution in [1.82, 2.24) is 4.98 Å². The van der Waals surface area contributed by atoms with Crippen LogP contribution in [0.4, 0.5) is 5.82 Å². The molecule has 0 atom stereocenters. The molecule has 2 aromatic rings. The largest absolute Gasteiger partial charge is 0.236 e. The smallest absolute Gasteiger partial charge is 0.151 e. The summed E-state index contributed by atoms with van der Waals surface area (Å²) >= 11 is 5.02. The zero-order chi connectivity index (χ0) is 10.7. The molecule has 0 N–H and O–H groups in total. The van der Waals surface area contributed by atoms with Crippen molar-refractivity contribution in [2.24, 2.45) is 4.99 Å². The maximum Gasteiger partial charge on any atom is 0.151 e. The number of aryl methyl sites for hydroxylation is 1. The number of aliphatic imine (C=N–C) groups is 1. The summed E-state index contributed by atoms with van der Waals surface area (Å²) in [4.78, 5) is 9.65. The second-order valence-corrected chi connectivity index (χ2v) is 4.92. The number of aromatic nitrogens is 1. The first-order valence-electron chi connectivity index (χ1n) is 4.45. The molecule has 0 bridgehead atoms. The summed E-state index contributed by atoms with van der Waals surface area (Å²) in [6, 6.07) is 5.89. The standard InChI is InChI=1S/C11H9BrN2S/c1-8-4-5-15-10(8)7-14-11-3-2-9(12)6-13-11/h2-7H,1H3. The highest BCUT2D eigenvalue weighted by atomic mass is 79.9. The van der Waals surface area contributed by atoms with Gasteiger partial charge in [-0.25, -0.2) is 9.98 Å². The normalized spacial score (nSPS) is 11.1. The summed E-state index contributed by atoms with van der Waals surface area (Å²) in [5, 5.41) is 2.06. The number of halogens is 1. The molecule has 0 saturated carbocycles. The van der Waals surface area contributed by atoms with Gasteiger partial charge < -0.3 is 0 Å². The molecule has 2 nitrogen and oxygen atoms in total. The van der Waals surface area contributed by atoms with Gasteiger partial charge in [-0.05, 0) is 52.0 Å². The molecule has 2 heterocycles. The van der Waals surface area contributed by atoms with Crippen LogP contribution in [0.25, 0.3) is 0 Å². The molecule has 0 fully saturated rings. The Morgan fingerprint density at radius 3 is 2.87 bits per heavy atom. The van der Waals surface area contributed by atoms with Gasteiger partial charge in [-0.2, -0.15) is 0 Å². The number of hydrogen-bond donors (Lipinski definition) is 0. The van der Waals surface area contributed by atoms with Crippen LogP contribution in [-0.4, -0.2) is 11.2 Å². The van der Waals surface area contributed by atoms with E-state index in [-0.39, 0.29) is 0 Å². The van der Waals surface area contributed by atoms with Crippen LogP contribution in [0, 0.1) is 6.92 Å². The van der Waals surface area contributed by atoms with Gasteiger partial charge in [-0.1, -0.05) is 0 Å². The molecule has 2 aromatic heterocycles. The Hall–Kier alpha value is -1.00. The second-order valence-electron chi connectivity index (χ2n) is 3.06. The fourth-order valence-electron chi connectivity index (χ4n) is 1.09. The number of pyridine rings is 1. The zero-order valence-corrected chi connectivity index (χ0v) is 10.5. The molecule has 0 saturated heterocycles. The van der Waals surface area contributed by atoms with Crippen LogP contribution in [0.2, 0.25) is 0 Å². The molecule has 15 heavy (non-hydrogen) atoms. The van der Waals surface area contributed by atoms with E-state index in [1.807, 2.05) is 18.3 Å². The van der Waals surface area contributed by atoms with Crippen molar-refractivity contribution >= 4 is 39.3 Å². The Bertz CT molecular complexity index is 474. The molecule has 0 aliphatic rings. The van der Waals surface area contributed by atoms with Crippen molar-refractivity contribution < 1.29 is 0 Å². The highest BCUT2D eigenvalue weighted by Crippen LogP contribution is 2.16. The van der Waals surface area contributed by atoms with Gasteiger partial charge >= 0.3 is 0 Å². The van der Waals surface area contributed by atoms with Gasteiger partial charge in [0, 0.05) is 21.8 Å². The van der Waals surface area contributed by atoms with E-state index in [9.17, 15) is 0 Å². The lowest BCUT2D eigenvalue weighted by atomic mass is 10.3. The lowest BCUT2D eigenvalue weighted by Crippen LogP contribution is -1.79. The SMILES string of the molecule is Cc1ccsc1C=Nc1ccc(Br)cn1. The monoisotopic (exact) mass is 280 g/mol. The first-order valence-corrected chi connectivity index (χ1v) is 6.13. The van der Waals surface area contributed by atoms with Crippen LogP contribution >= 0.6 is 27.3 Å². The number of thiophene rings is 1. The molecule has 0 radical (unpaired) electrons. The fraction of sp³-hybridized carbons (Fsp3) is 0.0909. The van der Waals surface area contributed by atoms with Crippen LogP contribution in [0.1, 0.15) is 10.4 Å². The predicted octanol–water partition coefficient (Wildman–Crippen LogP) is 3.96. The van der Waals surface area contributed by atoms with E-state index < -0.39 is 0 Å². The first-order chi connectivity index (χ1) is 7.25. The first kappa shape index (κ1) is 10.5. The van der Waals surface area contributed by atoms with Gasteiger partial charge in [0.2, 0.25) is 0 Å². The molecular formula is C11H9BrN2S. The molecular weight excluding hydrogens is 272 g/mol. The van der Waals surface area contributed by atoms with Crippen LogP contribution in [0.15, 0.2) is 39.2 Å². The van der Waals surface area contributed by atoms with E-state index in [1.54, 1.807) is 17.5 Å². The summed E-state index contributed by atoms with van der Waals surface area (Å²) in [5.41, 5.74) is 1.25. The second kappa shape index (κ2) is 4.68. The lowest BCUT2D eigenvalue weighted by Gasteiger charge is -1.92. The van der Waals surface area contributed by atoms with E-state index in [4.69, 9.17) is 0 Å². The third-order valence-electron chi connectivity index (χ3n) is 1.93. The summed E-state index contributed by atoms with van der Waals surface area (Å²) in [7, 11) is 0. The molecule has 0 aliphatic heterocycles. The predicted molar refractivity (Wildman–Crippen MR) is 68.2 cm³/mol. The minimum atomic E-state index is 0.728. The lowest BCUT2D eigenvalue weighted by molar-refractivity contribution is 1.26. The highest BCUT2D eigenvalue weighted by Gasteiger charge is 1.95.